The molecule has 0 saturated carbocycles. The van der Waals surface area contributed by atoms with Gasteiger partial charge < -0.3 is 25.0 Å². The number of benzene rings is 2. The average Bonchev–Trinajstić information content (AvgIpc) is 2.93. The van der Waals surface area contributed by atoms with Crippen LogP contribution in [0, 0.1) is 5.92 Å². The lowest BCUT2D eigenvalue weighted by molar-refractivity contribution is 0.0751. The minimum Gasteiger partial charge on any atom is -0.504 e. The molecule has 0 aliphatic carbocycles. The highest BCUT2D eigenvalue weighted by atomic mass is 32.2. The second-order valence-corrected chi connectivity index (χ2v) is 12.7. The maximum atomic E-state index is 13.6. The predicted molar refractivity (Wildman–Crippen MR) is 154 cm³/mol. The lowest BCUT2D eigenvalue weighted by atomic mass is 10.0. The molecule has 9 nitrogen and oxygen atoms in total. The number of aromatic hydroxyl groups is 1. The first-order chi connectivity index (χ1) is 19.1. The number of aliphatic hydroxyl groups excluding tert-OH is 1. The Morgan fingerprint density at radius 2 is 1.65 bits per heavy atom. The highest BCUT2D eigenvalue weighted by Crippen LogP contribution is 2.31. The number of carbonyl (C=O) groups is 1. The molecule has 2 aromatic rings. The summed E-state index contributed by atoms with van der Waals surface area (Å²) in [6.07, 6.45) is 6.10. The van der Waals surface area contributed by atoms with Gasteiger partial charge in [-0.2, -0.15) is 4.31 Å². The Morgan fingerprint density at radius 3 is 2.30 bits per heavy atom. The highest BCUT2D eigenvalue weighted by molar-refractivity contribution is 7.89. The summed E-state index contributed by atoms with van der Waals surface area (Å²) < 4.78 is 39.5. The van der Waals surface area contributed by atoms with Crippen LogP contribution < -0.4 is 14.8 Å². The summed E-state index contributed by atoms with van der Waals surface area (Å²) in [6, 6.07) is 10.1. The number of hydrogen-bond donors (Lipinski definition) is 3. The summed E-state index contributed by atoms with van der Waals surface area (Å²) in [6.45, 7) is 4.24. The number of aliphatic hydroxyl groups is 1. The van der Waals surface area contributed by atoms with Crippen LogP contribution in [0.3, 0.4) is 0 Å². The van der Waals surface area contributed by atoms with Gasteiger partial charge in [0.1, 0.15) is 5.75 Å². The molecule has 222 valence electrons. The van der Waals surface area contributed by atoms with Crippen LogP contribution in [0.5, 0.6) is 17.2 Å². The Balaban J connectivity index is 1.86. The number of nitrogens with zero attached hydrogens (tertiary/aromatic N) is 1. The summed E-state index contributed by atoms with van der Waals surface area (Å²) in [7, 11) is -2.41. The molecule has 2 aromatic carbocycles. The average molecular weight is 577 g/mol. The first kappa shape index (κ1) is 31.7. The summed E-state index contributed by atoms with van der Waals surface area (Å²) in [5.74, 6) is 0.0604. The molecular weight excluding hydrogens is 532 g/mol. The van der Waals surface area contributed by atoms with E-state index in [0.717, 1.165) is 44.9 Å². The molecule has 0 unspecified atom stereocenters. The van der Waals surface area contributed by atoms with E-state index in [9.17, 15) is 23.4 Å². The van der Waals surface area contributed by atoms with Gasteiger partial charge in [-0.15, -0.1) is 0 Å². The van der Waals surface area contributed by atoms with Crippen LogP contribution in [0.2, 0.25) is 0 Å². The lowest BCUT2D eigenvalue weighted by Gasteiger charge is -2.31. The fourth-order valence-corrected chi connectivity index (χ4v) is 6.52. The predicted octanol–water partition coefficient (Wildman–Crippen LogP) is 4.72. The number of nitrogens with one attached hydrogen (secondary N) is 1. The highest BCUT2D eigenvalue weighted by Gasteiger charge is 2.32. The second-order valence-electron chi connectivity index (χ2n) is 10.8. The summed E-state index contributed by atoms with van der Waals surface area (Å²) in [5.41, 5.74) is 0.178. The molecule has 3 N–H and O–H groups in total. The number of ether oxygens (including phenoxy) is 2. The van der Waals surface area contributed by atoms with Crippen molar-refractivity contribution in [3.63, 3.8) is 0 Å². The van der Waals surface area contributed by atoms with Gasteiger partial charge in [-0.25, -0.2) is 8.42 Å². The third-order valence-electron chi connectivity index (χ3n) is 7.08. The van der Waals surface area contributed by atoms with E-state index in [0.29, 0.717) is 18.8 Å². The number of hydrogen-bond acceptors (Lipinski definition) is 7. The van der Waals surface area contributed by atoms with Crippen molar-refractivity contribution in [1.82, 2.24) is 9.62 Å². The van der Waals surface area contributed by atoms with Crippen molar-refractivity contribution in [3.05, 3.63) is 48.0 Å². The standard InChI is InChI=1S/C30H44N2O7S/c1-22(2)20-32(40(36,37)24-17-15-23(38-3)16-18-24)21-28(34)26-13-9-7-5-4-6-8-10-19-39-29-25(30(35)31-26)12-11-14-27(29)33/h11-12,14-18,22,26,28,33-34H,4-10,13,19-21H2,1-3H3,(H,31,35)/t26-,28+/m0/s1. The molecule has 1 heterocycles. The van der Waals surface area contributed by atoms with Gasteiger partial charge in [0.05, 0.1) is 36.3 Å². The molecule has 1 aliphatic rings. The SMILES string of the molecule is COc1ccc(S(=O)(=O)N(CC(C)C)C[C@@H](O)[C@@H]2CCCCCCCCCOc3c(O)cccc3C(=O)N2)cc1. The molecule has 40 heavy (non-hydrogen) atoms. The van der Waals surface area contributed by atoms with E-state index >= 15 is 0 Å². The fraction of sp³-hybridized carbons (Fsp3) is 0.567. The van der Waals surface area contributed by atoms with Crippen LogP contribution in [0.1, 0.15) is 75.6 Å². The molecule has 1 amide bonds. The minimum absolute atomic E-state index is 0.00902. The first-order valence-corrected chi connectivity index (χ1v) is 15.7. The van der Waals surface area contributed by atoms with Gasteiger partial charge in [-0.1, -0.05) is 58.4 Å². The third-order valence-corrected chi connectivity index (χ3v) is 8.93. The van der Waals surface area contributed by atoms with Crippen molar-refractivity contribution in [3.8, 4) is 17.2 Å². The maximum absolute atomic E-state index is 13.6. The summed E-state index contributed by atoms with van der Waals surface area (Å²) in [4.78, 5) is 13.5. The van der Waals surface area contributed by atoms with Crippen LogP contribution in [0.4, 0.5) is 0 Å². The van der Waals surface area contributed by atoms with Gasteiger partial charge in [0.15, 0.2) is 11.5 Å². The van der Waals surface area contributed by atoms with Crippen molar-refractivity contribution in [2.24, 2.45) is 5.92 Å². The van der Waals surface area contributed by atoms with Gasteiger partial charge in [0.25, 0.3) is 5.91 Å². The van der Waals surface area contributed by atoms with E-state index in [1.165, 1.54) is 29.6 Å². The first-order valence-electron chi connectivity index (χ1n) is 14.2. The molecule has 0 bridgehead atoms. The van der Waals surface area contributed by atoms with Crippen LogP contribution >= 0.6 is 0 Å². The number of carbonyl (C=O) groups excluding carboxylic acids is 1. The Hall–Kier alpha value is -2.82. The van der Waals surface area contributed by atoms with Crippen LogP contribution in [-0.4, -0.2) is 67.8 Å². The Bertz CT molecular complexity index is 1190. The quantitative estimate of drug-likeness (QED) is 0.415. The number of amides is 1. The summed E-state index contributed by atoms with van der Waals surface area (Å²) >= 11 is 0. The Labute approximate surface area is 238 Å². The largest absolute Gasteiger partial charge is 0.504 e. The molecular formula is C30H44N2O7S. The van der Waals surface area contributed by atoms with E-state index in [1.807, 2.05) is 13.8 Å². The Kier molecular flexibility index (Phi) is 12.1. The maximum Gasteiger partial charge on any atom is 0.255 e. The molecule has 0 spiro atoms. The number of rotatable bonds is 8. The van der Waals surface area contributed by atoms with E-state index in [1.54, 1.807) is 24.3 Å². The van der Waals surface area contributed by atoms with Crippen LogP contribution in [-0.2, 0) is 10.0 Å². The number of phenolic OH excluding ortho intramolecular Hbond substituents is 1. The normalized spacial score (nSPS) is 18.6. The zero-order chi connectivity index (χ0) is 29.1. The van der Waals surface area contributed by atoms with Crippen molar-refractivity contribution in [2.45, 2.75) is 82.3 Å². The number of fused-ring (bicyclic) bond motifs is 1. The van der Waals surface area contributed by atoms with E-state index in [-0.39, 0.29) is 41.0 Å². The number of methoxy groups -OCH3 is 1. The van der Waals surface area contributed by atoms with Crippen LogP contribution in [0.15, 0.2) is 47.4 Å². The van der Waals surface area contributed by atoms with Gasteiger partial charge in [0, 0.05) is 13.1 Å². The molecule has 10 heteroatoms. The molecule has 0 aromatic heterocycles. The van der Waals surface area contributed by atoms with Crippen LogP contribution in [0.25, 0.3) is 0 Å². The van der Waals surface area contributed by atoms with Crippen molar-refractivity contribution < 1.29 is 32.9 Å². The topological polar surface area (TPSA) is 125 Å². The van der Waals surface area contributed by atoms with Gasteiger partial charge in [-0.05, 0) is 55.2 Å². The number of sulfonamides is 1. The minimum atomic E-state index is -3.92. The van der Waals surface area contributed by atoms with Crippen molar-refractivity contribution >= 4 is 15.9 Å². The van der Waals surface area contributed by atoms with Gasteiger partial charge >= 0.3 is 0 Å². The monoisotopic (exact) mass is 576 g/mol. The molecule has 3 rings (SSSR count). The zero-order valence-electron chi connectivity index (χ0n) is 23.8. The fourth-order valence-electron chi connectivity index (χ4n) is 4.90. The Morgan fingerprint density at radius 1 is 1.00 bits per heavy atom. The molecule has 2 atom stereocenters. The number of phenols is 1. The number of para-hydroxylation sites is 1. The van der Waals surface area contributed by atoms with Gasteiger partial charge in [0.2, 0.25) is 10.0 Å². The molecule has 0 radical (unpaired) electrons. The second kappa shape index (κ2) is 15.3. The van der Waals surface area contributed by atoms with Crippen molar-refractivity contribution in [2.75, 3.05) is 26.8 Å². The molecule has 0 fully saturated rings. The molecule has 0 saturated heterocycles. The van der Waals surface area contributed by atoms with E-state index < -0.39 is 28.1 Å². The van der Waals surface area contributed by atoms with E-state index in [4.69, 9.17) is 9.47 Å². The van der Waals surface area contributed by atoms with Crippen molar-refractivity contribution in [1.29, 1.82) is 0 Å². The smallest absolute Gasteiger partial charge is 0.255 e. The summed E-state index contributed by atoms with van der Waals surface area (Å²) in [5, 5.41) is 24.7. The lowest BCUT2D eigenvalue weighted by Crippen LogP contribution is -2.50. The molecule has 1 aliphatic heterocycles. The third kappa shape index (κ3) is 8.84. The van der Waals surface area contributed by atoms with E-state index in [2.05, 4.69) is 5.32 Å². The van der Waals surface area contributed by atoms with Gasteiger partial charge in [-0.3, -0.25) is 4.79 Å². The zero-order valence-corrected chi connectivity index (χ0v) is 24.7.